The molecule has 25 heavy (non-hydrogen) atoms. The fourth-order valence-corrected chi connectivity index (χ4v) is 2.28. The summed E-state index contributed by atoms with van der Waals surface area (Å²) in [6.45, 7) is 3.89. The second-order valence-electron chi connectivity index (χ2n) is 6.53. The summed E-state index contributed by atoms with van der Waals surface area (Å²) < 4.78 is 13.5. The van der Waals surface area contributed by atoms with Gasteiger partial charge in [0.25, 0.3) is 5.91 Å². The summed E-state index contributed by atoms with van der Waals surface area (Å²) in [5.41, 5.74) is 6.99. The van der Waals surface area contributed by atoms with Crippen molar-refractivity contribution in [2.45, 2.75) is 19.4 Å². The van der Waals surface area contributed by atoms with Crippen LogP contribution in [0, 0.1) is 5.82 Å². The predicted molar refractivity (Wildman–Crippen MR) is 91.5 cm³/mol. The SMILES string of the molecule is CC(C)(N)CNC(=O)c1cncc(-c2cc3cc(F)c(O)cc3[nH]2)n1. The minimum atomic E-state index is -0.707. The highest BCUT2D eigenvalue weighted by Crippen LogP contribution is 2.27. The molecule has 0 atom stereocenters. The molecule has 2 heterocycles. The minimum Gasteiger partial charge on any atom is -0.505 e. The van der Waals surface area contributed by atoms with Crippen molar-refractivity contribution in [2.75, 3.05) is 6.54 Å². The van der Waals surface area contributed by atoms with Crippen LogP contribution in [-0.2, 0) is 0 Å². The van der Waals surface area contributed by atoms with Gasteiger partial charge >= 0.3 is 0 Å². The van der Waals surface area contributed by atoms with E-state index in [4.69, 9.17) is 5.73 Å². The second-order valence-corrected chi connectivity index (χ2v) is 6.53. The van der Waals surface area contributed by atoms with Crippen LogP contribution in [0.1, 0.15) is 24.3 Å². The van der Waals surface area contributed by atoms with Crippen LogP contribution in [0.15, 0.2) is 30.6 Å². The van der Waals surface area contributed by atoms with Crippen molar-refractivity contribution in [2.24, 2.45) is 5.73 Å². The van der Waals surface area contributed by atoms with Crippen molar-refractivity contribution < 1.29 is 14.3 Å². The first-order chi connectivity index (χ1) is 11.7. The molecule has 8 heteroatoms. The highest BCUT2D eigenvalue weighted by molar-refractivity contribution is 5.93. The van der Waals surface area contributed by atoms with E-state index in [1.807, 2.05) is 0 Å². The van der Waals surface area contributed by atoms with E-state index in [0.29, 0.717) is 28.8 Å². The summed E-state index contributed by atoms with van der Waals surface area (Å²) in [6, 6.07) is 4.19. The first-order valence-corrected chi connectivity index (χ1v) is 7.64. The number of hydrogen-bond donors (Lipinski definition) is 4. The molecule has 0 bridgehead atoms. The van der Waals surface area contributed by atoms with Gasteiger partial charge in [0.2, 0.25) is 0 Å². The van der Waals surface area contributed by atoms with Gasteiger partial charge in [-0.3, -0.25) is 9.78 Å². The lowest BCUT2D eigenvalue weighted by molar-refractivity contribution is 0.0940. The van der Waals surface area contributed by atoms with E-state index in [-0.39, 0.29) is 11.6 Å². The lowest BCUT2D eigenvalue weighted by atomic mass is 10.1. The zero-order valence-electron chi connectivity index (χ0n) is 13.8. The van der Waals surface area contributed by atoms with Gasteiger partial charge in [-0.15, -0.1) is 0 Å². The smallest absolute Gasteiger partial charge is 0.271 e. The topological polar surface area (TPSA) is 117 Å². The number of nitrogens with zero attached hydrogens (tertiary/aromatic N) is 2. The van der Waals surface area contributed by atoms with Crippen LogP contribution in [-0.4, -0.2) is 38.0 Å². The van der Waals surface area contributed by atoms with Crippen molar-refractivity contribution in [3.05, 3.63) is 42.1 Å². The highest BCUT2D eigenvalue weighted by Gasteiger charge is 2.16. The molecule has 0 fully saturated rings. The Hall–Kier alpha value is -3.00. The third-order valence-electron chi connectivity index (χ3n) is 3.54. The third kappa shape index (κ3) is 3.74. The number of aromatic nitrogens is 3. The van der Waals surface area contributed by atoms with Gasteiger partial charge < -0.3 is 21.1 Å². The van der Waals surface area contributed by atoms with E-state index in [9.17, 15) is 14.3 Å². The van der Waals surface area contributed by atoms with Crippen molar-refractivity contribution in [1.82, 2.24) is 20.3 Å². The minimum absolute atomic E-state index is 0.148. The molecule has 3 rings (SSSR count). The Balaban J connectivity index is 1.90. The van der Waals surface area contributed by atoms with Crippen molar-refractivity contribution in [1.29, 1.82) is 0 Å². The van der Waals surface area contributed by atoms with Crippen LogP contribution in [0.4, 0.5) is 4.39 Å². The normalized spacial score (nSPS) is 11.7. The highest BCUT2D eigenvalue weighted by atomic mass is 19.1. The molecule has 0 aliphatic rings. The summed E-state index contributed by atoms with van der Waals surface area (Å²) in [6.07, 6.45) is 2.85. The van der Waals surface area contributed by atoms with Gasteiger partial charge in [-0.1, -0.05) is 0 Å². The van der Waals surface area contributed by atoms with E-state index < -0.39 is 17.1 Å². The Bertz CT molecular complexity index is 907. The number of nitrogens with one attached hydrogen (secondary N) is 2. The van der Waals surface area contributed by atoms with E-state index in [1.165, 1.54) is 24.5 Å². The fraction of sp³-hybridized carbons (Fsp3) is 0.235. The number of fused-ring (bicyclic) bond motifs is 1. The summed E-state index contributed by atoms with van der Waals surface area (Å²) in [7, 11) is 0. The number of benzene rings is 1. The molecule has 0 saturated carbocycles. The summed E-state index contributed by atoms with van der Waals surface area (Å²) >= 11 is 0. The monoisotopic (exact) mass is 343 g/mol. The summed E-state index contributed by atoms with van der Waals surface area (Å²) in [5, 5.41) is 12.7. The van der Waals surface area contributed by atoms with Crippen LogP contribution < -0.4 is 11.1 Å². The van der Waals surface area contributed by atoms with Crippen LogP contribution >= 0.6 is 0 Å². The Morgan fingerprint density at radius 1 is 1.36 bits per heavy atom. The maximum absolute atomic E-state index is 13.5. The van der Waals surface area contributed by atoms with Crippen molar-refractivity contribution in [3.63, 3.8) is 0 Å². The lowest BCUT2D eigenvalue weighted by Crippen LogP contribution is -2.45. The van der Waals surface area contributed by atoms with Gasteiger partial charge in [0.05, 0.1) is 18.1 Å². The van der Waals surface area contributed by atoms with E-state index >= 15 is 0 Å². The molecule has 130 valence electrons. The molecule has 5 N–H and O–H groups in total. The predicted octanol–water partition coefficient (Wildman–Crippen LogP) is 1.94. The number of amides is 1. The number of carbonyl (C=O) groups is 1. The zero-order chi connectivity index (χ0) is 18.2. The number of hydrogen-bond acceptors (Lipinski definition) is 5. The Labute approximate surface area is 143 Å². The van der Waals surface area contributed by atoms with Gasteiger partial charge in [0, 0.05) is 29.1 Å². The van der Waals surface area contributed by atoms with Crippen LogP contribution in [0.2, 0.25) is 0 Å². The number of aromatic amines is 1. The molecule has 0 unspecified atom stereocenters. The molecule has 0 saturated heterocycles. The maximum atomic E-state index is 13.5. The molecule has 1 amide bonds. The maximum Gasteiger partial charge on any atom is 0.271 e. The first kappa shape index (κ1) is 16.8. The van der Waals surface area contributed by atoms with Gasteiger partial charge in [-0.2, -0.15) is 0 Å². The van der Waals surface area contributed by atoms with Gasteiger partial charge in [0.1, 0.15) is 11.4 Å². The number of phenolic OH excluding ortho intramolecular Hbond substituents is 1. The molecular formula is C17H18FN5O2. The lowest BCUT2D eigenvalue weighted by Gasteiger charge is -2.18. The number of aromatic hydroxyl groups is 1. The van der Waals surface area contributed by atoms with Crippen molar-refractivity contribution >= 4 is 16.8 Å². The van der Waals surface area contributed by atoms with Gasteiger partial charge in [-0.05, 0) is 26.0 Å². The third-order valence-corrected chi connectivity index (χ3v) is 3.54. The molecule has 3 aromatic rings. The summed E-state index contributed by atoms with van der Waals surface area (Å²) in [4.78, 5) is 23.5. The van der Waals surface area contributed by atoms with Crippen LogP contribution in [0.5, 0.6) is 5.75 Å². The molecular weight excluding hydrogens is 325 g/mol. The van der Waals surface area contributed by atoms with Crippen LogP contribution in [0.25, 0.3) is 22.3 Å². The number of halogens is 1. The summed E-state index contributed by atoms with van der Waals surface area (Å²) in [5.74, 6) is -1.53. The fourth-order valence-electron chi connectivity index (χ4n) is 2.28. The average Bonchev–Trinajstić information content (AvgIpc) is 2.95. The Kier molecular flexibility index (Phi) is 4.13. The number of nitrogens with two attached hydrogens (primary N) is 1. The first-order valence-electron chi connectivity index (χ1n) is 7.64. The second kappa shape index (κ2) is 6.14. The molecule has 1 aromatic carbocycles. The van der Waals surface area contributed by atoms with Gasteiger partial charge in [0.15, 0.2) is 11.6 Å². The number of H-pyrrole nitrogens is 1. The molecule has 2 aromatic heterocycles. The largest absolute Gasteiger partial charge is 0.505 e. The molecule has 0 aliphatic heterocycles. The van der Waals surface area contributed by atoms with E-state index in [2.05, 4.69) is 20.3 Å². The number of carbonyl (C=O) groups excluding carboxylic acids is 1. The van der Waals surface area contributed by atoms with Gasteiger partial charge in [-0.25, -0.2) is 9.37 Å². The average molecular weight is 343 g/mol. The molecule has 7 nitrogen and oxygen atoms in total. The van der Waals surface area contributed by atoms with Crippen molar-refractivity contribution in [3.8, 4) is 17.1 Å². The quantitative estimate of drug-likeness (QED) is 0.577. The molecule has 0 radical (unpaired) electrons. The zero-order valence-corrected chi connectivity index (χ0v) is 13.8. The molecule has 0 aliphatic carbocycles. The van der Waals surface area contributed by atoms with E-state index in [0.717, 1.165) is 0 Å². The number of phenols is 1. The number of rotatable bonds is 4. The van der Waals surface area contributed by atoms with E-state index in [1.54, 1.807) is 19.9 Å². The van der Waals surface area contributed by atoms with Crippen LogP contribution in [0.3, 0.4) is 0 Å². The Morgan fingerprint density at radius 3 is 2.84 bits per heavy atom. The standard InChI is InChI=1S/C17H18FN5O2/c1-17(2,19)8-21-16(25)14-7-20-6-13(23-14)12-4-9-3-10(18)15(24)5-11(9)22-12/h3-7,22,24H,8,19H2,1-2H3,(H,21,25). The Morgan fingerprint density at radius 2 is 2.12 bits per heavy atom. The molecule has 0 spiro atoms.